The Bertz CT molecular complexity index is 482. The average molecular weight is 265 g/mol. The molecule has 0 atom stereocenters. The lowest BCUT2D eigenvalue weighted by atomic mass is 10.1. The highest BCUT2D eigenvalue weighted by Crippen LogP contribution is 2.13. The number of ether oxygens (including phenoxy) is 1. The van der Waals surface area contributed by atoms with Gasteiger partial charge in [-0.2, -0.15) is 0 Å². The first-order chi connectivity index (χ1) is 9.06. The van der Waals surface area contributed by atoms with Crippen LogP contribution >= 0.6 is 0 Å². The Kier molecular flexibility index (Phi) is 5.34. The number of benzene rings is 1. The fraction of sp³-hybridized carbons (Fsp3) is 0.250. The van der Waals surface area contributed by atoms with E-state index in [2.05, 4.69) is 5.16 Å². The van der Waals surface area contributed by atoms with Crippen LogP contribution in [0.4, 0.5) is 4.79 Å². The van der Waals surface area contributed by atoms with E-state index in [0.29, 0.717) is 17.9 Å². The minimum atomic E-state index is -0.921. The molecule has 0 aliphatic rings. The van der Waals surface area contributed by atoms with E-state index < -0.39 is 11.9 Å². The molecule has 1 aromatic rings. The van der Waals surface area contributed by atoms with E-state index in [9.17, 15) is 9.59 Å². The van der Waals surface area contributed by atoms with Gasteiger partial charge in [-0.1, -0.05) is 12.1 Å². The van der Waals surface area contributed by atoms with Crippen molar-refractivity contribution in [3.63, 3.8) is 0 Å². The molecule has 0 spiro atoms. The first-order valence-electron chi connectivity index (χ1n) is 5.60. The smallest absolute Gasteiger partial charge is 0.318 e. The van der Waals surface area contributed by atoms with E-state index in [4.69, 9.17) is 15.7 Å². The maximum atomic E-state index is 11.1. The van der Waals surface area contributed by atoms with Gasteiger partial charge in [0.2, 0.25) is 0 Å². The number of nitrogens with two attached hydrogens (primary N) is 1. The molecule has 0 heterocycles. The van der Waals surface area contributed by atoms with Crippen molar-refractivity contribution in [3.8, 4) is 5.75 Å². The summed E-state index contributed by atoms with van der Waals surface area (Å²) in [5, 5.41) is 13.8. The van der Waals surface area contributed by atoms with Gasteiger partial charge in [0.1, 0.15) is 5.75 Å². The zero-order valence-electron chi connectivity index (χ0n) is 10.4. The molecule has 102 valence electrons. The molecule has 0 unspecified atom stereocenters. The van der Waals surface area contributed by atoms with Crippen LogP contribution < -0.4 is 15.8 Å². The number of carbonyl (C=O) groups is 2. The maximum Gasteiger partial charge on any atom is 0.318 e. The predicted octanol–water partition coefficient (Wildman–Crippen LogP) is 0.849. The highest BCUT2D eigenvalue weighted by atomic mass is 16.5. The topological polar surface area (TPSA) is 114 Å². The van der Waals surface area contributed by atoms with Crippen molar-refractivity contribution in [1.82, 2.24) is 5.32 Å². The molecular weight excluding hydrogens is 250 g/mol. The summed E-state index contributed by atoms with van der Waals surface area (Å²) in [6.07, 6.45) is 0.595. The molecule has 0 aliphatic carbocycles. The number of rotatable bonds is 5. The van der Waals surface area contributed by atoms with Gasteiger partial charge in [0.05, 0.1) is 5.71 Å². The summed E-state index contributed by atoms with van der Waals surface area (Å²) in [5.74, 6) is -0.167. The average Bonchev–Trinajstić information content (AvgIpc) is 2.38. The van der Waals surface area contributed by atoms with Crippen molar-refractivity contribution in [2.45, 2.75) is 13.3 Å². The van der Waals surface area contributed by atoms with E-state index in [1.807, 2.05) is 12.2 Å². The summed E-state index contributed by atoms with van der Waals surface area (Å²) in [4.78, 5) is 21.5. The number of urea groups is 1. The Morgan fingerprint density at radius 1 is 1.37 bits per heavy atom. The molecule has 1 rings (SSSR count). The third kappa shape index (κ3) is 4.66. The SMILES string of the molecule is CC/C(=N\O)c1ccc(OCC(=O)NC(N)=O)cc1. The summed E-state index contributed by atoms with van der Waals surface area (Å²) in [5.41, 5.74) is 6.10. The first-order valence-corrected chi connectivity index (χ1v) is 5.60. The quantitative estimate of drug-likeness (QED) is 0.416. The lowest BCUT2D eigenvalue weighted by Crippen LogP contribution is -2.38. The molecule has 0 aliphatic heterocycles. The molecule has 4 N–H and O–H groups in total. The van der Waals surface area contributed by atoms with Gasteiger partial charge in [0, 0.05) is 0 Å². The van der Waals surface area contributed by atoms with Crippen molar-refractivity contribution >= 4 is 17.6 Å². The number of amides is 3. The standard InChI is InChI=1S/C12H15N3O4/c1-2-10(15-18)8-3-5-9(6-4-8)19-7-11(16)14-12(13)17/h3-6,18H,2,7H2,1H3,(H3,13,14,16,17)/b15-10+. The van der Waals surface area contributed by atoms with Gasteiger partial charge in [0.25, 0.3) is 5.91 Å². The highest BCUT2D eigenvalue weighted by molar-refractivity contribution is 6.00. The summed E-state index contributed by atoms with van der Waals surface area (Å²) in [6, 6.07) is 5.76. The lowest BCUT2D eigenvalue weighted by Gasteiger charge is -2.07. The second-order valence-electron chi connectivity index (χ2n) is 3.63. The van der Waals surface area contributed by atoms with Crippen LogP contribution in [0.3, 0.4) is 0 Å². The molecule has 0 saturated heterocycles. The summed E-state index contributed by atoms with van der Waals surface area (Å²) in [7, 11) is 0. The van der Waals surface area contributed by atoms with Gasteiger partial charge in [-0.05, 0) is 36.2 Å². The highest BCUT2D eigenvalue weighted by Gasteiger charge is 2.06. The van der Waals surface area contributed by atoms with E-state index >= 15 is 0 Å². The maximum absolute atomic E-state index is 11.1. The van der Waals surface area contributed by atoms with Gasteiger partial charge in [-0.3, -0.25) is 10.1 Å². The molecule has 0 radical (unpaired) electrons. The molecule has 0 aromatic heterocycles. The van der Waals surface area contributed by atoms with E-state index in [0.717, 1.165) is 5.56 Å². The number of oxime groups is 1. The number of carbonyl (C=O) groups excluding carboxylic acids is 2. The fourth-order valence-corrected chi connectivity index (χ4v) is 1.40. The van der Waals surface area contributed by atoms with E-state index in [-0.39, 0.29) is 6.61 Å². The van der Waals surface area contributed by atoms with Crippen LogP contribution in [-0.2, 0) is 4.79 Å². The summed E-state index contributed by atoms with van der Waals surface area (Å²) < 4.78 is 5.15. The van der Waals surface area contributed by atoms with E-state index in [1.165, 1.54) is 0 Å². The van der Waals surface area contributed by atoms with Crippen molar-refractivity contribution in [2.24, 2.45) is 10.9 Å². The van der Waals surface area contributed by atoms with Gasteiger partial charge in [-0.25, -0.2) is 4.79 Å². The van der Waals surface area contributed by atoms with Gasteiger partial charge in [0.15, 0.2) is 6.61 Å². The van der Waals surface area contributed by atoms with Crippen molar-refractivity contribution in [2.75, 3.05) is 6.61 Å². The van der Waals surface area contributed by atoms with Crippen LogP contribution in [0.25, 0.3) is 0 Å². The van der Waals surface area contributed by atoms with E-state index in [1.54, 1.807) is 24.3 Å². The summed E-state index contributed by atoms with van der Waals surface area (Å²) in [6.45, 7) is 1.56. The summed E-state index contributed by atoms with van der Waals surface area (Å²) >= 11 is 0. The minimum Gasteiger partial charge on any atom is -0.484 e. The molecule has 0 fully saturated rings. The van der Waals surface area contributed by atoms with Crippen LogP contribution in [0.15, 0.2) is 29.4 Å². The van der Waals surface area contributed by atoms with Crippen LogP contribution in [-0.4, -0.2) is 29.5 Å². The van der Waals surface area contributed by atoms with Crippen LogP contribution in [0.5, 0.6) is 5.75 Å². The molecule has 0 bridgehead atoms. The zero-order chi connectivity index (χ0) is 14.3. The van der Waals surface area contributed by atoms with Crippen LogP contribution in [0.2, 0.25) is 0 Å². The number of nitrogens with zero attached hydrogens (tertiary/aromatic N) is 1. The molecule has 1 aromatic carbocycles. The zero-order valence-corrected chi connectivity index (χ0v) is 10.4. The van der Waals surface area contributed by atoms with Crippen LogP contribution in [0.1, 0.15) is 18.9 Å². The minimum absolute atomic E-state index is 0.309. The molecule has 7 heteroatoms. The third-order valence-electron chi connectivity index (χ3n) is 2.28. The Morgan fingerprint density at radius 2 is 2.00 bits per heavy atom. The van der Waals surface area contributed by atoms with Crippen LogP contribution in [0, 0.1) is 0 Å². The Labute approximate surface area is 110 Å². The number of hydrogen-bond donors (Lipinski definition) is 3. The molecular formula is C12H15N3O4. The molecule has 3 amide bonds. The molecule has 7 nitrogen and oxygen atoms in total. The Morgan fingerprint density at radius 3 is 2.47 bits per heavy atom. The fourth-order valence-electron chi connectivity index (χ4n) is 1.40. The normalized spacial score (nSPS) is 10.9. The molecule has 0 saturated carbocycles. The van der Waals surface area contributed by atoms with Gasteiger partial charge < -0.3 is 15.7 Å². The molecule has 19 heavy (non-hydrogen) atoms. The number of primary amides is 1. The largest absolute Gasteiger partial charge is 0.484 e. The second kappa shape index (κ2) is 7.00. The third-order valence-corrected chi connectivity index (χ3v) is 2.28. The van der Waals surface area contributed by atoms with Crippen molar-refractivity contribution in [1.29, 1.82) is 0 Å². The van der Waals surface area contributed by atoms with Crippen molar-refractivity contribution in [3.05, 3.63) is 29.8 Å². The lowest BCUT2D eigenvalue weighted by molar-refractivity contribution is -0.121. The number of imide groups is 1. The number of hydrogen-bond acceptors (Lipinski definition) is 5. The first kappa shape index (κ1) is 14.5. The second-order valence-corrected chi connectivity index (χ2v) is 3.63. The Balaban J connectivity index is 2.58. The van der Waals surface area contributed by atoms with Crippen molar-refractivity contribution < 1.29 is 19.5 Å². The van der Waals surface area contributed by atoms with Gasteiger partial charge in [-0.15, -0.1) is 0 Å². The van der Waals surface area contributed by atoms with Gasteiger partial charge >= 0.3 is 6.03 Å². The predicted molar refractivity (Wildman–Crippen MR) is 68.3 cm³/mol. The number of nitrogens with one attached hydrogen (secondary N) is 1. The Hall–Kier alpha value is -2.57. The monoisotopic (exact) mass is 265 g/mol.